The molecule has 0 aromatic heterocycles. The molecule has 1 spiro atoms. The summed E-state index contributed by atoms with van der Waals surface area (Å²) >= 11 is 0. The fraction of sp³-hybridized carbons (Fsp3) is 0.857. The van der Waals surface area contributed by atoms with Gasteiger partial charge in [-0.25, -0.2) is 0 Å². The molecular weight excluding hydrogens is 328 g/mol. The first kappa shape index (κ1) is 16.8. The van der Waals surface area contributed by atoms with Crippen molar-refractivity contribution in [3.8, 4) is 0 Å². The third-order valence-corrected chi connectivity index (χ3v) is 8.04. The van der Waals surface area contributed by atoms with Gasteiger partial charge in [0, 0.05) is 12.0 Å². The summed E-state index contributed by atoms with van der Waals surface area (Å²) in [7, 11) is 0. The second-order valence-electron chi connectivity index (χ2n) is 10.0. The van der Waals surface area contributed by atoms with Gasteiger partial charge in [-0.1, -0.05) is 19.3 Å². The summed E-state index contributed by atoms with van der Waals surface area (Å²) in [6.07, 6.45) is 12.4. The summed E-state index contributed by atoms with van der Waals surface area (Å²) in [5.41, 5.74) is -0.545. The number of imide groups is 1. The fourth-order valence-corrected chi connectivity index (χ4v) is 7.38. The third-order valence-electron chi connectivity index (χ3n) is 8.04. The molecule has 0 unspecified atom stereocenters. The summed E-state index contributed by atoms with van der Waals surface area (Å²) in [6, 6.07) is 0. The highest BCUT2D eigenvalue weighted by atomic mass is 16.2. The standard InChI is InChI=1S/C21H30N2O3/c24-17(22-21-9-14-6-15(10-21)8-16(7-14)11-21)13-23-18(25)12-20(19(23)26)4-2-1-3-5-20/h14-16H,1-13H2,(H,22,24). The van der Waals surface area contributed by atoms with Crippen LogP contribution in [0.5, 0.6) is 0 Å². The predicted molar refractivity (Wildman–Crippen MR) is 95.9 cm³/mol. The first-order valence-corrected chi connectivity index (χ1v) is 10.6. The van der Waals surface area contributed by atoms with Crippen molar-refractivity contribution in [1.29, 1.82) is 0 Å². The molecule has 1 saturated heterocycles. The smallest absolute Gasteiger partial charge is 0.240 e. The number of nitrogens with zero attached hydrogens (tertiary/aromatic N) is 1. The molecule has 1 aliphatic heterocycles. The molecule has 26 heavy (non-hydrogen) atoms. The van der Waals surface area contributed by atoms with E-state index in [9.17, 15) is 14.4 Å². The second-order valence-corrected chi connectivity index (χ2v) is 10.0. The van der Waals surface area contributed by atoms with E-state index in [0.717, 1.165) is 69.1 Å². The van der Waals surface area contributed by atoms with Crippen LogP contribution >= 0.6 is 0 Å². The lowest BCUT2D eigenvalue weighted by Gasteiger charge is -2.57. The first-order valence-electron chi connectivity index (χ1n) is 10.6. The third kappa shape index (κ3) is 2.61. The van der Waals surface area contributed by atoms with Crippen LogP contribution < -0.4 is 5.32 Å². The number of hydrogen-bond donors (Lipinski definition) is 1. The van der Waals surface area contributed by atoms with Gasteiger partial charge in [0.15, 0.2) is 0 Å². The Bertz CT molecular complexity index is 614. The van der Waals surface area contributed by atoms with Crippen molar-refractivity contribution >= 4 is 17.7 Å². The Kier molecular flexibility index (Phi) is 3.74. The lowest BCUT2D eigenvalue weighted by atomic mass is 9.53. The maximum absolute atomic E-state index is 12.9. The molecule has 0 aromatic carbocycles. The Balaban J connectivity index is 1.26. The molecule has 4 bridgehead atoms. The normalized spacial score (nSPS) is 40.5. The summed E-state index contributed by atoms with van der Waals surface area (Å²) in [6.45, 7) is -0.0683. The van der Waals surface area contributed by atoms with Crippen molar-refractivity contribution in [2.75, 3.05) is 6.54 Å². The second kappa shape index (κ2) is 5.80. The van der Waals surface area contributed by atoms with E-state index in [1.807, 2.05) is 0 Å². The van der Waals surface area contributed by atoms with Crippen LogP contribution in [0.15, 0.2) is 0 Å². The maximum atomic E-state index is 12.9. The van der Waals surface area contributed by atoms with E-state index in [4.69, 9.17) is 0 Å². The summed E-state index contributed by atoms with van der Waals surface area (Å²) in [4.78, 5) is 39.5. The zero-order chi connectivity index (χ0) is 17.9. The predicted octanol–water partition coefficient (Wildman–Crippen LogP) is 2.78. The van der Waals surface area contributed by atoms with Gasteiger partial charge in [0.2, 0.25) is 17.7 Å². The monoisotopic (exact) mass is 358 g/mol. The minimum absolute atomic E-state index is 0.0554. The Morgan fingerprint density at radius 3 is 2.12 bits per heavy atom. The van der Waals surface area contributed by atoms with E-state index >= 15 is 0 Å². The molecule has 142 valence electrons. The average Bonchev–Trinajstić information content (AvgIpc) is 2.78. The minimum atomic E-state index is -0.490. The Morgan fingerprint density at radius 2 is 1.54 bits per heavy atom. The van der Waals surface area contributed by atoms with Crippen LogP contribution in [0.2, 0.25) is 0 Å². The molecule has 1 heterocycles. The molecule has 5 aliphatic carbocycles. The van der Waals surface area contributed by atoms with Crippen LogP contribution in [0.4, 0.5) is 0 Å². The molecule has 6 aliphatic rings. The minimum Gasteiger partial charge on any atom is -0.349 e. The number of nitrogens with one attached hydrogen (secondary N) is 1. The molecule has 0 atom stereocenters. The van der Waals surface area contributed by atoms with Crippen LogP contribution in [0, 0.1) is 23.2 Å². The van der Waals surface area contributed by atoms with E-state index in [1.165, 1.54) is 24.2 Å². The molecule has 5 heteroatoms. The Morgan fingerprint density at radius 1 is 0.962 bits per heavy atom. The number of amides is 3. The molecule has 1 N–H and O–H groups in total. The fourth-order valence-electron chi connectivity index (χ4n) is 7.38. The van der Waals surface area contributed by atoms with Gasteiger partial charge < -0.3 is 5.32 Å². The zero-order valence-corrected chi connectivity index (χ0v) is 15.6. The van der Waals surface area contributed by atoms with Crippen molar-refractivity contribution in [2.45, 2.75) is 82.6 Å². The van der Waals surface area contributed by atoms with Crippen LogP contribution in [0.25, 0.3) is 0 Å². The van der Waals surface area contributed by atoms with Crippen molar-refractivity contribution in [1.82, 2.24) is 10.2 Å². The highest BCUT2D eigenvalue weighted by molar-refractivity contribution is 6.08. The van der Waals surface area contributed by atoms with Crippen molar-refractivity contribution in [3.63, 3.8) is 0 Å². The Hall–Kier alpha value is -1.39. The summed E-state index contributed by atoms with van der Waals surface area (Å²) < 4.78 is 0. The van der Waals surface area contributed by atoms with Crippen molar-refractivity contribution < 1.29 is 14.4 Å². The maximum Gasteiger partial charge on any atom is 0.240 e. The van der Waals surface area contributed by atoms with Gasteiger partial charge in [0.05, 0.1) is 5.41 Å². The quantitative estimate of drug-likeness (QED) is 0.789. The lowest BCUT2D eigenvalue weighted by molar-refractivity contribution is -0.146. The number of carbonyl (C=O) groups is 3. The molecule has 0 aromatic rings. The molecule has 0 radical (unpaired) electrons. The molecule has 3 amide bonds. The van der Waals surface area contributed by atoms with Gasteiger partial charge in [-0.05, 0) is 69.1 Å². The number of likely N-dealkylation sites (tertiary alicyclic amines) is 1. The van der Waals surface area contributed by atoms with Gasteiger partial charge in [-0.2, -0.15) is 0 Å². The van der Waals surface area contributed by atoms with Gasteiger partial charge >= 0.3 is 0 Å². The average molecular weight is 358 g/mol. The highest BCUT2D eigenvalue weighted by Crippen LogP contribution is 2.55. The van der Waals surface area contributed by atoms with Crippen molar-refractivity contribution in [2.24, 2.45) is 23.2 Å². The largest absolute Gasteiger partial charge is 0.349 e. The van der Waals surface area contributed by atoms with Crippen molar-refractivity contribution in [3.05, 3.63) is 0 Å². The number of hydrogen-bond acceptors (Lipinski definition) is 3. The molecule has 6 rings (SSSR count). The van der Waals surface area contributed by atoms with Crippen LogP contribution in [-0.4, -0.2) is 34.7 Å². The van der Waals surface area contributed by atoms with Crippen LogP contribution in [0.1, 0.15) is 77.0 Å². The molecular formula is C21H30N2O3. The van der Waals surface area contributed by atoms with Gasteiger partial charge in [-0.15, -0.1) is 0 Å². The van der Waals surface area contributed by atoms with Gasteiger partial charge in [0.1, 0.15) is 6.54 Å². The van der Waals surface area contributed by atoms with E-state index in [2.05, 4.69) is 5.32 Å². The van der Waals surface area contributed by atoms with Crippen LogP contribution in [0.3, 0.4) is 0 Å². The topological polar surface area (TPSA) is 66.5 Å². The zero-order valence-electron chi connectivity index (χ0n) is 15.6. The summed E-state index contributed by atoms with van der Waals surface area (Å²) in [5, 5.41) is 3.30. The summed E-state index contributed by atoms with van der Waals surface area (Å²) in [5.74, 6) is 1.95. The molecule has 5 nitrogen and oxygen atoms in total. The SMILES string of the molecule is O=C(CN1C(=O)CC2(CCCCC2)C1=O)NC12CC3CC(CC(C3)C1)C2. The number of carbonyl (C=O) groups excluding carboxylic acids is 3. The highest BCUT2D eigenvalue weighted by Gasteiger charge is 2.54. The van der Waals surface area contributed by atoms with Gasteiger partial charge in [0.25, 0.3) is 0 Å². The van der Waals surface area contributed by atoms with Gasteiger partial charge in [-0.3, -0.25) is 19.3 Å². The Labute approximate surface area is 155 Å². The van der Waals surface area contributed by atoms with E-state index in [0.29, 0.717) is 6.42 Å². The van der Waals surface area contributed by atoms with E-state index in [-0.39, 0.29) is 29.8 Å². The first-order chi connectivity index (χ1) is 12.5. The number of rotatable bonds is 3. The van der Waals surface area contributed by atoms with E-state index < -0.39 is 5.41 Å². The lowest BCUT2D eigenvalue weighted by Crippen LogP contribution is -2.61. The molecule has 5 saturated carbocycles. The van der Waals surface area contributed by atoms with Crippen LogP contribution in [-0.2, 0) is 14.4 Å². The van der Waals surface area contributed by atoms with E-state index in [1.54, 1.807) is 0 Å². The molecule has 6 fully saturated rings.